The van der Waals surface area contributed by atoms with Crippen LogP contribution < -0.4 is 0 Å². The quantitative estimate of drug-likeness (QED) is 0.697. The predicted octanol–water partition coefficient (Wildman–Crippen LogP) is 1.53. The van der Waals surface area contributed by atoms with Gasteiger partial charge in [-0.3, -0.25) is 0 Å². The average molecular weight is 242 g/mol. The van der Waals surface area contributed by atoms with Crippen LogP contribution in [0.4, 0.5) is 0 Å². The van der Waals surface area contributed by atoms with Crippen LogP contribution in [0.3, 0.4) is 0 Å². The lowest BCUT2D eigenvalue weighted by molar-refractivity contribution is -0.188. The van der Waals surface area contributed by atoms with Gasteiger partial charge in [0.1, 0.15) is 18.0 Å². The third kappa shape index (κ3) is 2.08. The SMILES string of the molecule is CC1(C)OCC(C2=C[C@H]3OC(C)(C)O[C@H]3O2)O1. The van der Waals surface area contributed by atoms with Crippen LogP contribution in [0.15, 0.2) is 11.8 Å². The molecule has 0 aromatic rings. The fourth-order valence-electron chi connectivity index (χ4n) is 2.31. The zero-order valence-corrected chi connectivity index (χ0v) is 10.6. The van der Waals surface area contributed by atoms with Crippen molar-refractivity contribution in [2.75, 3.05) is 6.61 Å². The lowest BCUT2D eigenvalue weighted by Gasteiger charge is -2.20. The fourth-order valence-corrected chi connectivity index (χ4v) is 2.31. The van der Waals surface area contributed by atoms with E-state index in [1.54, 1.807) is 0 Å². The Morgan fingerprint density at radius 1 is 1.06 bits per heavy atom. The maximum absolute atomic E-state index is 5.72. The first kappa shape index (κ1) is 11.5. The average Bonchev–Trinajstić information content (AvgIpc) is 2.75. The number of hydrogen-bond donors (Lipinski definition) is 0. The predicted molar refractivity (Wildman–Crippen MR) is 57.9 cm³/mol. The molecule has 17 heavy (non-hydrogen) atoms. The van der Waals surface area contributed by atoms with Crippen molar-refractivity contribution in [3.8, 4) is 0 Å². The van der Waals surface area contributed by atoms with Gasteiger partial charge >= 0.3 is 0 Å². The molecular weight excluding hydrogens is 224 g/mol. The van der Waals surface area contributed by atoms with Gasteiger partial charge in [0.05, 0.1) is 6.61 Å². The smallest absolute Gasteiger partial charge is 0.232 e. The Bertz CT molecular complexity index is 360. The van der Waals surface area contributed by atoms with Gasteiger partial charge in [-0.05, 0) is 33.8 Å². The molecule has 2 saturated heterocycles. The second-order valence-corrected chi connectivity index (χ2v) is 5.47. The van der Waals surface area contributed by atoms with Crippen LogP contribution in [0.2, 0.25) is 0 Å². The summed E-state index contributed by atoms with van der Waals surface area (Å²) in [4.78, 5) is 0. The molecule has 0 amide bonds. The van der Waals surface area contributed by atoms with Crippen molar-refractivity contribution < 1.29 is 23.7 Å². The first-order chi connectivity index (χ1) is 7.85. The Hall–Kier alpha value is -0.620. The summed E-state index contributed by atoms with van der Waals surface area (Å²) in [6.07, 6.45) is 1.26. The molecular formula is C12H18O5. The molecule has 0 spiro atoms. The monoisotopic (exact) mass is 242 g/mol. The molecule has 0 bridgehead atoms. The van der Waals surface area contributed by atoms with Crippen LogP contribution in [0.25, 0.3) is 0 Å². The van der Waals surface area contributed by atoms with Crippen molar-refractivity contribution >= 4 is 0 Å². The molecule has 3 aliphatic rings. The van der Waals surface area contributed by atoms with Crippen LogP contribution in [0.1, 0.15) is 27.7 Å². The summed E-state index contributed by atoms with van der Waals surface area (Å²) in [6.45, 7) is 8.03. The molecule has 3 atom stereocenters. The normalized spacial score (nSPS) is 42.1. The molecule has 1 unspecified atom stereocenters. The molecule has 96 valence electrons. The van der Waals surface area contributed by atoms with Gasteiger partial charge in [0, 0.05) is 0 Å². The van der Waals surface area contributed by atoms with E-state index in [2.05, 4.69) is 0 Å². The second-order valence-electron chi connectivity index (χ2n) is 5.47. The Labute approximate surface area is 101 Å². The van der Waals surface area contributed by atoms with Crippen LogP contribution in [-0.2, 0) is 23.7 Å². The molecule has 0 radical (unpaired) electrons. The van der Waals surface area contributed by atoms with Gasteiger partial charge in [-0.2, -0.15) is 0 Å². The fraction of sp³-hybridized carbons (Fsp3) is 0.833. The van der Waals surface area contributed by atoms with Crippen LogP contribution in [0.5, 0.6) is 0 Å². The lowest BCUT2D eigenvalue weighted by Crippen LogP contribution is -2.25. The van der Waals surface area contributed by atoms with Gasteiger partial charge < -0.3 is 23.7 Å². The van der Waals surface area contributed by atoms with Gasteiger partial charge in [-0.1, -0.05) is 0 Å². The highest BCUT2D eigenvalue weighted by atomic mass is 16.8. The standard InChI is InChI=1S/C12H18O5/c1-11(2)13-6-9(16-11)7-5-8-10(14-7)17-12(3,4)15-8/h5,8-10H,6H2,1-4H3/t8-,9?,10-/m1/s1. The minimum atomic E-state index is -0.580. The maximum atomic E-state index is 5.72. The zero-order chi connectivity index (χ0) is 12.3. The maximum Gasteiger partial charge on any atom is 0.232 e. The summed E-state index contributed by atoms with van der Waals surface area (Å²) < 4.78 is 28.3. The van der Waals surface area contributed by atoms with Crippen molar-refractivity contribution in [1.82, 2.24) is 0 Å². The van der Waals surface area contributed by atoms with E-state index in [-0.39, 0.29) is 18.5 Å². The largest absolute Gasteiger partial charge is 0.463 e. The highest BCUT2D eigenvalue weighted by Gasteiger charge is 2.48. The summed E-state index contributed by atoms with van der Waals surface area (Å²) >= 11 is 0. The molecule has 0 N–H and O–H groups in total. The highest BCUT2D eigenvalue weighted by molar-refractivity contribution is 5.13. The van der Waals surface area contributed by atoms with E-state index < -0.39 is 11.6 Å². The molecule has 3 aliphatic heterocycles. The lowest BCUT2D eigenvalue weighted by atomic mass is 10.2. The number of rotatable bonds is 1. The topological polar surface area (TPSA) is 46.2 Å². The third-order valence-electron chi connectivity index (χ3n) is 2.99. The summed E-state index contributed by atoms with van der Waals surface area (Å²) in [6, 6.07) is 0. The van der Waals surface area contributed by atoms with Gasteiger partial charge in [-0.25, -0.2) is 0 Å². The second kappa shape index (κ2) is 3.45. The molecule has 0 aromatic carbocycles. The zero-order valence-electron chi connectivity index (χ0n) is 10.6. The summed E-state index contributed by atoms with van der Waals surface area (Å²) in [7, 11) is 0. The Kier molecular flexibility index (Phi) is 2.32. The van der Waals surface area contributed by atoms with Gasteiger partial charge in [0.25, 0.3) is 0 Å². The number of ether oxygens (including phenoxy) is 5. The van der Waals surface area contributed by atoms with Crippen molar-refractivity contribution in [3.63, 3.8) is 0 Å². The summed E-state index contributed by atoms with van der Waals surface area (Å²) in [5, 5.41) is 0. The number of hydrogen-bond acceptors (Lipinski definition) is 5. The van der Waals surface area contributed by atoms with E-state index in [9.17, 15) is 0 Å². The third-order valence-corrected chi connectivity index (χ3v) is 2.99. The van der Waals surface area contributed by atoms with Gasteiger partial charge in [0.2, 0.25) is 6.29 Å². The van der Waals surface area contributed by atoms with E-state index in [0.29, 0.717) is 6.61 Å². The number of fused-ring (bicyclic) bond motifs is 1. The minimum Gasteiger partial charge on any atom is -0.463 e. The molecule has 3 heterocycles. The van der Waals surface area contributed by atoms with Gasteiger partial charge in [0.15, 0.2) is 11.6 Å². The molecule has 2 fully saturated rings. The van der Waals surface area contributed by atoms with E-state index in [1.807, 2.05) is 33.8 Å². The molecule has 5 heteroatoms. The van der Waals surface area contributed by atoms with Crippen LogP contribution >= 0.6 is 0 Å². The highest BCUT2D eigenvalue weighted by Crippen LogP contribution is 2.38. The summed E-state index contributed by atoms with van der Waals surface area (Å²) in [5.74, 6) is -0.377. The molecule has 0 aromatic heterocycles. The van der Waals surface area contributed by atoms with Crippen molar-refractivity contribution in [2.24, 2.45) is 0 Å². The molecule has 3 rings (SSSR count). The Balaban J connectivity index is 1.69. The molecule has 0 aliphatic carbocycles. The van der Waals surface area contributed by atoms with Crippen molar-refractivity contribution in [1.29, 1.82) is 0 Å². The Morgan fingerprint density at radius 2 is 1.82 bits per heavy atom. The van der Waals surface area contributed by atoms with E-state index in [4.69, 9.17) is 23.7 Å². The first-order valence-corrected chi connectivity index (χ1v) is 5.90. The van der Waals surface area contributed by atoms with Crippen molar-refractivity contribution in [3.05, 3.63) is 11.8 Å². The minimum absolute atomic E-state index is 0.146. The first-order valence-electron chi connectivity index (χ1n) is 5.90. The Morgan fingerprint density at radius 3 is 2.41 bits per heavy atom. The summed E-state index contributed by atoms with van der Waals surface area (Å²) in [5.41, 5.74) is 0. The molecule has 5 nitrogen and oxygen atoms in total. The van der Waals surface area contributed by atoms with E-state index in [0.717, 1.165) is 5.76 Å². The van der Waals surface area contributed by atoms with Crippen LogP contribution in [0, 0.1) is 0 Å². The molecule has 0 saturated carbocycles. The van der Waals surface area contributed by atoms with E-state index in [1.165, 1.54) is 0 Å². The van der Waals surface area contributed by atoms with Crippen molar-refractivity contribution in [2.45, 2.75) is 57.8 Å². The van der Waals surface area contributed by atoms with E-state index >= 15 is 0 Å². The van der Waals surface area contributed by atoms with Gasteiger partial charge in [-0.15, -0.1) is 0 Å². The van der Waals surface area contributed by atoms with Crippen LogP contribution in [-0.4, -0.2) is 36.7 Å².